The number of aromatic nitrogens is 1. The average molecular weight is 316 g/mol. The summed E-state index contributed by atoms with van der Waals surface area (Å²) in [6, 6.07) is 9.76. The van der Waals surface area contributed by atoms with Crippen molar-refractivity contribution in [3.63, 3.8) is 0 Å². The Morgan fingerprint density at radius 3 is 2.59 bits per heavy atom. The van der Waals surface area contributed by atoms with Gasteiger partial charge in [0.25, 0.3) is 0 Å². The smallest absolute Gasteiger partial charge is 0.306 e. The van der Waals surface area contributed by atoms with Gasteiger partial charge in [-0.2, -0.15) is 0 Å². The van der Waals surface area contributed by atoms with Gasteiger partial charge in [0, 0.05) is 16.9 Å². The van der Waals surface area contributed by atoms with Gasteiger partial charge in [0.05, 0.1) is 11.6 Å². The van der Waals surface area contributed by atoms with E-state index in [0.717, 1.165) is 11.3 Å². The maximum atomic E-state index is 12.2. The Morgan fingerprint density at radius 2 is 1.91 bits per heavy atom. The van der Waals surface area contributed by atoms with Gasteiger partial charge in [-0.1, -0.05) is 30.3 Å². The highest BCUT2D eigenvalue weighted by Crippen LogP contribution is 2.32. The summed E-state index contributed by atoms with van der Waals surface area (Å²) in [7, 11) is 0. The molecule has 22 heavy (non-hydrogen) atoms. The van der Waals surface area contributed by atoms with Crippen LogP contribution < -0.4 is 5.32 Å². The second-order valence-corrected chi connectivity index (χ2v) is 6.30. The second-order valence-electron chi connectivity index (χ2n) is 5.44. The molecular formula is C16H16N2O3S. The van der Waals surface area contributed by atoms with Crippen LogP contribution in [0.25, 0.3) is 11.3 Å². The van der Waals surface area contributed by atoms with Crippen molar-refractivity contribution >= 4 is 28.3 Å². The Kier molecular flexibility index (Phi) is 4.20. The molecule has 1 fully saturated rings. The molecule has 2 unspecified atom stereocenters. The second kappa shape index (κ2) is 6.27. The van der Waals surface area contributed by atoms with Gasteiger partial charge >= 0.3 is 5.97 Å². The third-order valence-electron chi connectivity index (χ3n) is 3.96. The summed E-state index contributed by atoms with van der Waals surface area (Å²) in [5.74, 6) is -1.56. The van der Waals surface area contributed by atoms with Crippen LogP contribution in [0.15, 0.2) is 35.7 Å². The van der Waals surface area contributed by atoms with Gasteiger partial charge in [0.1, 0.15) is 0 Å². The van der Waals surface area contributed by atoms with Crippen LogP contribution in [0.1, 0.15) is 19.3 Å². The predicted molar refractivity (Wildman–Crippen MR) is 84.6 cm³/mol. The lowest BCUT2D eigenvalue weighted by atomic mass is 10.0. The minimum Gasteiger partial charge on any atom is -0.481 e. The molecule has 2 N–H and O–H groups in total. The number of carboxylic acids is 1. The van der Waals surface area contributed by atoms with Gasteiger partial charge in [-0.3, -0.25) is 9.59 Å². The highest BCUT2D eigenvalue weighted by atomic mass is 32.1. The Hall–Kier alpha value is -2.21. The van der Waals surface area contributed by atoms with Crippen molar-refractivity contribution in [2.24, 2.45) is 11.8 Å². The van der Waals surface area contributed by atoms with Crippen LogP contribution in [0.5, 0.6) is 0 Å². The maximum Gasteiger partial charge on any atom is 0.306 e. The molecule has 0 radical (unpaired) electrons. The molecule has 2 atom stereocenters. The summed E-state index contributed by atoms with van der Waals surface area (Å²) in [6.45, 7) is 0. The zero-order valence-electron chi connectivity index (χ0n) is 11.9. The molecule has 0 saturated heterocycles. The first kappa shape index (κ1) is 14.7. The number of benzene rings is 1. The number of anilines is 1. The normalized spacial score (nSPS) is 20.7. The first-order valence-electron chi connectivity index (χ1n) is 7.18. The molecule has 1 aromatic carbocycles. The molecule has 114 valence electrons. The van der Waals surface area contributed by atoms with Crippen molar-refractivity contribution in [1.29, 1.82) is 0 Å². The number of carboxylic acid groups (broad SMARTS) is 1. The van der Waals surface area contributed by atoms with Crippen LogP contribution >= 0.6 is 11.3 Å². The molecule has 1 saturated carbocycles. The Labute approximate surface area is 132 Å². The van der Waals surface area contributed by atoms with Gasteiger partial charge in [-0.15, -0.1) is 11.3 Å². The van der Waals surface area contributed by atoms with E-state index in [-0.39, 0.29) is 11.8 Å². The first-order valence-corrected chi connectivity index (χ1v) is 8.06. The molecule has 6 heteroatoms. The summed E-state index contributed by atoms with van der Waals surface area (Å²) in [4.78, 5) is 27.6. The van der Waals surface area contributed by atoms with Crippen LogP contribution in [0.3, 0.4) is 0 Å². The van der Waals surface area contributed by atoms with Crippen molar-refractivity contribution < 1.29 is 14.7 Å². The van der Waals surface area contributed by atoms with Crippen LogP contribution in [0.4, 0.5) is 5.13 Å². The van der Waals surface area contributed by atoms with E-state index in [9.17, 15) is 9.59 Å². The molecule has 0 spiro atoms. The number of hydrogen-bond donors (Lipinski definition) is 2. The molecular weight excluding hydrogens is 300 g/mol. The van der Waals surface area contributed by atoms with E-state index in [4.69, 9.17) is 5.11 Å². The number of carbonyl (C=O) groups is 2. The highest BCUT2D eigenvalue weighted by molar-refractivity contribution is 7.14. The number of nitrogens with one attached hydrogen (secondary N) is 1. The van der Waals surface area contributed by atoms with Gasteiger partial charge < -0.3 is 10.4 Å². The average Bonchev–Trinajstić information content (AvgIpc) is 3.17. The molecule has 0 bridgehead atoms. The van der Waals surface area contributed by atoms with E-state index < -0.39 is 11.9 Å². The third kappa shape index (κ3) is 3.17. The van der Waals surface area contributed by atoms with Crippen molar-refractivity contribution in [2.45, 2.75) is 19.3 Å². The number of amides is 1. The van der Waals surface area contributed by atoms with E-state index in [2.05, 4.69) is 10.3 Å². The molecule has 0 aliphatic heterocycles. The fourth-order valence-corrected chi connectivity index (χ4v) is 3.45. The fraction of sp³-hybridized carbons (Fsp3) is 0.312. The minimum absolute atomic E-state index is 0.127. The van der Waals surface area contributed by atoms with Crippen molar-refractivity contribution in [3.05, 3.63) is 35.7 Å². The zero-order valence-corrected chi connectivity index (χ0v) is 12.7. The number of nitrogens with zero attached hydrogens (tertiary/aromatic N) is 1. The maximum absolute atomic E-state index is 12.2. The summed E-state index contributed by atoms with van der Waals surface area (Å²) >= 11 is 1.38. The van der Waals surface area contributed by atoms with Gasteiger partial charge in [-0.25, -0.2) is 4.98 Å². The van der Waals surface area contributed by atoms with Crippen LogP contribution in [0.2, 0.25) is 0 Å². The van der Waals surface area contributed by atoms with E-state index in [0.29, 0.717) is 24.4 Å². The lowest BCUT2D eigenvalue weighted by Crippen LogP contribution is -2.21. The topological polar surface area (TPSA) is 79.3 Å². The fourth-order valence-electron chi connectivity index (χ4n) is 2.72. The molecule has 1 aliphatic carbocycles. The van der Waals surface area contributed by atoms with Crippen molar-refractivity contribution in [3.8, 4) is 11.3 Å². The van der Waals surface area contributed by atoms with Crippen molar-refractivity contribution in [1.82, 2.24) is 4.98 Å². The van der Waals surface area contributed by atoms with E-state index in [1.165, 1.54) is 11.3 Å². The number of rotatable bonds is 4. The molecule has 1 amide bonds. The van der Waals surface area contributed by atoms with E-state index >= 15 is 0 Å². The van der Waals surface area contributed by atoms with Crippen LogP contribution in [-0.2, 0) is 9.59 Å². The number of carbonyl (C=O) groups excluding carboxylic acids is 1. The van der Waals surface area contributed by atoms with Crippen LogP contribution in [0, 0.1) is 11.8 Å². The summed E-state index contributed by atoms with van der Waals surface area (Å²) in [5.41, 5.74) is 1.83. The SMILES string of the molecule is O=C(O)C1CCC(C(=O)Nc2nc(-c3ccccc3)cs2)C1. The molecule has 5 nitrogen and oxygen atoms in total. The lowest BCUT2D eigenvalue weighted by Gasteiger charge is -2.08. The quantitative estimate of drug-likeness (QED) is 0.907. The standard InChI is InChI=1S/C16H16N2O3S/c19-14(11-6-7-12(8-11)15(20)21)18-16-17-13(9-22-16)10-4-2-1-3-5-10/h1-5,9,11-12H,6-8H2,(H,20,21)(H,17,18,19). The molecule has 3 rings (SSSR count). The number of thiazole rings is 1. The third-order valence-corrected chi connectivity index (χ3v) is 4.71. The Balaban J connectivity index is 1.63. The summed E-state index contributed by atoms with van der Waals surface area (Å²) in [5, 5.41) is 14.3. The van der Waals surface area contributed by atoms with Crippen molar-refractivity contribution in [2.75, 3.05) is 5.32 Å². The van der Waals surface area contributed by atoms with Crippen LogP contribution in [-0.4, -0.2) is 22.0 Å². The number of hydrogen-bond acceptors (Lipinski definition) is 4. The van der Waals surface area contributed by atoms with Gasteiger partial charge in [-0.05, 0) is 19.3 Å². The highest BCUT2D eigenvalue weighted by Gasteiger charge is 2.34. The molecule has 1 heterocycles. The van der Waals surface area contributed by atoms with E-state index in [1.807, 2.05) is 35.7 Å². The number of aliphatic carboxylic acids is 1. The summed E-state index contributed by atoms with van der Waals surface area (Å²) < 4.78 is 0. The predicted octanol–water partition coefficient (Wildman–Crippen LogP) is 3.25. The van der Waals surface area contributed by atoms with Gasteiger partial charge in [0.2, 0.25) is 5.91 Å². The Bertz CT molecular complexity index is 684. The molecule has 1 aliphatic rings. The monoisotopic (exact) mass is 316 g/mol. The largest absolute Gasteiger partial charge is 0.481 e. The zero-order chi connectivity index (χ0) is 15.5. The van der Waals surface area contributed by atoms with E-state index in [1.54, 1.807) is 0 Å². The molecule has 1 aromatic heterocycles. The van der Waals surface area contributed by atoms with Gasteiger partial charge in [0.15, 0.2) is 5.13 Å². The minimum atomic E-state index is -0.809. The summed E-state index contributed by atoms with van der Waals surface area (Å²) in [6.07, 6.45) is 1.61. The Morgan fingerprint density at radius 1 is 1.18 bits per heavy atom. The first-order chi connectivity index (χ1) is 10.6. The lowest BCUT2D eigenvalue weighted by molar-refractivity contribution is -0.141. The molecule has 2 aromatic rings.